The van der Waals surface area contributed by atoms with Gasteiger partial charge in [-0.3, -0.25) is 4.79 Å². The number of rotatable bonds is 2. The molecule has 0 unspecified atom stereocenters. The van der Waals surface area contributed by atoms with Crippen molar-refractivity contribution in [1.29, 1.82) is 0 Å². The molecule has 0 saturated heterocycles. The lowest BCUT2D eigenvalue weighted by Gasteiger charge is -1.95. The molecule has 3 N–H and O–H groups in total. The van der Waals surface area contributed by atoms with Gasteiger partial charge >= 0.3 is 0 Å². The van der Waals surface area contributed by atoms with Crippen LogP contribution in [0.2, 0.25) is 0 Å². The van der Waals surface area contributed by atoms with Crippen molar-refractivity contribution >= 4 is 38.6 Å². The predicted octanol–water partition coefficient (Wildman–Crippen LogP) is 1.07. The fourth-order valence-corrected chi connectivity index (χ4v) is 2.29. The van der Waals surface area contributed by atoms with Gasteiger partial charge in [-0.1, -0.05) is 30.0 Å². The Balaban J connectivity index is 2.65. The second-order valence-electron chi connectivity index (χ2n) is 2.51. The second kappa shape index (κ2) is 3.58. The van der Waals surface area contributed by atoms with Crippen LogP contribution in [0, 0.1) is 0 Å². The fraction of sp³-hybridized carbons (Fsp3) is 0.286. The molecular formula is C7H8N4OS2. The molecule has 0 aliphatic carbocycles. The van der Waals surface area contributed by atoms with E-state index in [4.69, 9.17) is 5.73 Å². The van der Waals surface area contributed by atoms with Gasteiger partial charge in [0, 0.05) is 0 Å². The summed E-state index contributed by atoms with van der Waals surface area (Å²) < 4.78 is 0.489. The highest BCUT2D eigenvalue weighted by Gasteiger charge is 2.08. The van der Waals surface area contributed by atoms with Crippen LogP contribution in [0.5, 0.6) is 0 Å². The summed E-state index contributed by atoms with van der Waals surface area (Å²) in [5.74, 6) is 0.855. The van der Waals surface area contributed by atoms with Crippen molar-refractivity contribution in [3.8, 4) is 0 Å². The summed E-state index contributed by atoms with van der Waals surface area (Å²) in [7, 11) is 0. The van der Waals surface area contributed by atoms with Gasteiger partial charge in [0.25, 0.3) is 5.56 Å². The molecule has 0 atom stereocenters. The standard InChI is InChI=1S/C7H8N4OS2/c1-2-13-7-10-4-3(5(12)11-7)14-6(8)9-4/h2H2,1H3,(H3,8,9,10,11,12). The third-order valence-electron chi connectivity index (χ3n) is 1.54. The summed E-state index contributed by atoms with van der Waals surface area (Å²) in [6.45, 7) is 1.99. The number of anilines is 1. The maximum absolute atomic E-state index is 11.5. The molecule has 14 heavy (non-hydrogen) atoms. The molecular weight excluding hydrogens is 220 g/mol. The number of nitrogen functional groups attached to an aromatic ring is 1. The van der Waals surface area contributed by atoms with Gasteiger partial charge in [0.05, 0.1) is 0 Å². The Kier molecular flexibility index (Phi) is 2.42. The smallest absolute Gasteiger partial charge is 0.271 e. The highest BCUT2D eigenvalue weighted by Crippen LogP contribution is 2.20. The van der Waals surface area contributed by atoms with E-state index in [1.165, 1.54) is 11.8 Å². The average Bonchev–Trinajstić information content (AvgIpc) is 2.47. The summed E-state index contributed by atoms with van der Waals surface area (Å²) in [4.78, 5) is 22.3. The molecule has 2 heterocycles. The summed E-state index contributed by atoms with van der Waals surface area (Å²) in [5.41, 5.74) is 5.76. The highest BCUT2D eigenvalue weighted by molar-refractivity contribution is 7.99. The van der Waals surface area contributed by atoms with Crippen molar-refractivity contribution in [2.45, 2.75) is 12.1 Å². The van der Waals surface area contributed by atoms with E-state index >= 15 is 0 Å². The minimum Gasteiger partial charge on any atom is -0.375 e. The summed E-state index contributed by atoms with van der Waals surface area (Å²) in [5, 5.41) is 0.965. The van der Waals surface area contributed by atoms with Crippen LogP contribution in [0.4, 0.5) is 5.13 Å². The summed E-state index contributed by atoms with van der Waals surface area (Å²) in [6, 6.07) is 0. The third kappa shape index (κ3) is 1.60. The van der Waals surface area contributed by atoms with Crippen molar-refractivity contribution in [3.63, 3.8) is 0 Å². The third-order valence-corrected chi connectivity index (χ3v) is 3.17. The minimum absolute atomic E-state index is 0.167. The Morgan fingerprint density at radius 3 is 3.07 bits per heavy atom. The highest BCUT2D eigenvalue weighted by atomic mass is 32.2. The SMILES string of the molecule is CCSc1nc2nc(N)sc2c(=O)[nH]1. The Morgan fingerprint density at radius 1 is 1.57 bits per heavy atom. The maximum atomic E-state index is 11.5. The van der Waals surface area contributed by atoms with E-state index in [2.05, 4.69) is 15.0 Å². The van der Waals surface area contributed by atoms with Crippen LogP contribution in [0.15, 0.2) is 9.95 Å². The monoisotopic (exact) mass is 228 g/mol. The first-order valence-corrected chi connectivity index (χ1v) is 5.80. The normalized spacial score (nSPS) is 10.9. The quantitative estimate of drug-likeness (QED) is 0.593. The number of thiazole rings is 1. The van der Waals surface area contributed by atoms with E-state index in [1.54, 1.807) is 0 Å². The van der Waals surface area contributed by atoms with Crippen LogP contribution in [0.1, 0.15) is 6.92 Å². The van der Waals surface area contributed by atoms with Crippen molar-refractivity contribution in [1.82, 2.24) is 15.0 Å². The first-order chi connectivity index (χ1) is 6.70. The van der Waals surface area contributed by atoms with Crippen LogP contribution in [-0.4, -0.2) is 20.7 Å². The number of H-pyrrole nitrogens is 1. The maximum Gasteiger partial charge on any atom is 0.271 e. The summed E-state index contributed by atoms with van der Waals surface area (Å²) in [6.07, 6.45) is 0. The molecule has 0 amide bonds. The number of nitrogens with one attached hydrogen (secondary N) is 1. The lowest BCUT2D eigenvalue weighted by molar-refractivity contribution is 0.969. The Hall–Kier alpha value is -1.08. The number of aromatic amines is 1. The Bertz CT molecular complexity index is 518. The van der Waals surface area contributed by atoms with Crippen LogP contribution in [0.3, 0.4) is 0 Å². The molecule has 74 valence electrons. The van der Waals surface area contributed by atoms with Crippen LogP contribution in [0.25, 0.3) is 10.3 Å². The number of hydrogen-bond acceptors (Lipinski definition) is 6. The van der Waals surface area contributed by atoms with E-state index in [0.717, 1.165) is 17.1 Å². The van der Waals surface area contributed by atoms with Gasteiger partial charge in [-0.15, -0.1) is 0 Å². The van der Waals surface area contributed by atoms with Gasteiger partial charge < -0.3 is 10.7 Å². The Labute approximate surface area is 87.8 Å². The molecule has 0 bridgehead atoms. The minimum atomic E-state index is -0.167. The zero-order chi connectivity index (χ0) is 10.1. The van der Waals surface area contributed by atoms with Crippen LogP contribution < -0.4 is 11.3 Å². The van der Waals surface area contributed by atoms with Crippen LogP contribution in [-0.2, 0) is 0 Å². The summed E-state index contributed by atoms with van der Waals surface area (Å²) >= 11 is 2.63. The van der Waals surface area contributed by atoms with E-state index in [9.17, 15) is 4.79 Å². The largest absolute Gasteiger partial charge is 0.375 e. The van der Waals surface area contributed by atoms with Gasteiger partial charge in [0.15, 0.2) is 15.9 Å². The van der Waals surface area contributed by atoms with E-state index < -0.39 is 0 Å². The molecule has 7 heteroatoms. The number of aromatic nitrogens is 3. The number of fused-ring (bicyclic) bond motifs is 1. The molecule has 0 radical (unpaired) electrons. The first-order valence-electron chi connectivity index (χ1n) is 4.00. The molecule has 0 aliphatic rings. The number of thioether (sulfide) groups is 1. The molecule has 2 aromatic heterocycles. The van der Waals surface area contributed by atoms with Gasteiger partial charge in [0.1, 0.15) is 4.70 Å². The first kappa shape index (κ1) is 9.47. The molecule has 0 aliphatic heterocycles. The molecule has 5 nitrogen and oxygen atoms in total. The number of nitrogens with zero attached hydrogens (tertiary/aromatic N) is 2. The zero-order valence-corrected chi connectivity index (χ0v) is 9.04. The molecule has 0 aromatic carbocycles. The van der Waals surface area contributed by atoms with Crippen molar-refractivity contribution in [3.05, 3.63) is 10.4 Å². The average molecular weight is 228 g/mol. The Morgan fingerprint density at radius 2 is 2.36 bits per heavy atom. The molecule has 0 fully saturated rings. The number of hydrogen-bond donors (Lipinski definition) is 2. The fourth-order valence-electron chi connectivity index (χ4n) is 1.03. The van der Waals surface area contributed by atoms with Gasteiger partial charge in [0.2, 0.25) is 0 Å². The van der Waals surface area contributed by atoms with E-state index in [-0.39, 0.29) is 5.56 Å². The molecule has 0 spiro atoms. The molecule has 2 aromatic rings. The zero-order valence-electron chi connectivity index (χ0n) is 7.40. The van der Waals surface area contributed by atoms with E-state index in [0.29, 0.717) is 20.6 Å². The van der Waals surface area contributed by atoms with Crippen molar-refractivity contribution < 1.29 is 0 Å². The lowest BCUT2D eigenvalue weighted by Crippen LogP contribution is -2.07. The second-order valence-corrected chi connectivity index (χ2v) is 4.79. The topological polar surface area (TPSA) is 84.7 Å². The molecule has 2 rings (SSSR count). The van der Waals surface area contributed by atoms with Gasteiger partial charge in [-0.2, -0.15) is 0 Å². The number of nitrogens with two attached hydrogens (primary N) is 1. The lowest BCUT2D eigenvalue weighted by atomic mass is 10.6. The van der Waals surface area contributed by atoms with Gasteiger partial charge in [-0.25, -0.2) is 9.97 Å². The molecule has 0 saturated carbocycles. The van der Waals surface area contributed by atoms with E-state index in [1.807, 2.05) is 6.92 Å². The predicted molar refractivity (Wildman–Crippen MR) is 58.8 cm³/mol. The van der Waals surface area contributed by atoms with Crippen LogP contribution >= 0.6 is 23.1 Å². The van der Waals surface area contributed by atoms with Crippen molar-refractivity contribution in [2.75, 3.05) is 11.5 Å². The van der Waals surface area contributed by atoms with Gasteiger partial charge in [-0.05, 0) is 5.75 Å². The van der Waals surface area contributed by atoms with Crippen molar-refractivity contribution in [2.24, 2.45) is 0 Å².